The van der Waals surface area contributed by atoms with Gasteiger partial charge in [0, 0.05) is 25.7 Å². The molecule has 0 aromatic rings. The highest BCUT2D eigenvalue weighted by molar-refractivity contribution is 5.71. The van der Waals surface area contributed by atoms with Crippen LogP contribution in [0, 0.1) is 17.8 Å². The van der Waals surface area contributed by atoms with Crippen LogP contribution in [0.2, 0.25) is 0 Å². The first kappa shape index (κ1) is 19.1. The predicted molar refractivity (Wildman–Crippen MR) is 93.9 cm³/mol. The van der Waals surface area contributed by atoms with Crippen LogP contribution in [0.3, 0.4) is 0 Å². The lowest BCUT2D eigenvalue weighted by molar-refractivity contribution is -0.161. The minimum Gasteiger partial charge on any atom is -0.462 e. The van der Waals surface area contributed by atoms with E-state index in [-0.39, 0.29) is 48.3 Å². The smallest absolute Gasteiger partial charge is 0.308 e. The highest BCUT2D eigenvalue weighted by atomic mass is 16.5. The Morgan fingerprint density at radius 3 is 2.77 bits per heavy atom. The fraction of sp³-hybridized carbons (Fsp3) is 0.700. The summed E-state index contributed by atoms with van der Waals surface area (Å²) in [7, 11) is 0. The van der Waals surface area contributed by atoms with Crippen molar-refractivity contribution in [2.24, 2.45) is 17.8 Å². The molecule has 0 saturated carbocycles. The summed E-state index contributed by atoms with van der Waals surface area (Å²) in [5.74, 6) is -0.139. The Hall–Kier alpha value is -1.66. The third kappa shape index (κ3) is 4.35. The van der Waals surface area contributed by atoms with Crippen molar-refractivity contribution in [1.29, 1.82) is 0 Å². The number of fused-ring (bicyclic) bond motifs is 1. The molecule has 0 radical (unpaired) electrons. The molecule has 0 amide bonds. The Bertz CT molecular complexity index is 609. The third-order valence-electron chi connectivity index (χ3n) is 5.75. The third-order valence-corrected chi connectivity index (χ3v) is 5.75. The Balaban J connectivity index is 1.73. The second-order valence-electron chi connectivity index (χ2n) is 7.81. The van der Waals surface area contributed by atoms with Gasteiger partial charge in [-0.25, -0.2) is 0 Å². The molecule has 0 unspecified atom stereocenters. The lowest BCUT2D eigenvalue weighted by Gasteiger charge is -2.43. The molecule has 26 heavy (non-hydrogen) atoms. The molecule has 0 aromatic heterocycles. The molecule has 2 aliphatic carbocycles. The molecule has 6 heteroatoms. The van der Waals surface area contributed by atoms with Crippen LogP contribution in [-0.2, 0) is 19.1 Å². The van der Waals surface area contributed by atoms with Gasteiger partial charge in [0.25, 0.3) is 0 Å². The average Bonchev–Trinajstić information content (AvgIpc) is 2.52. The van der Waals surface area contributed by atoms with Gasteiger partial charge in [-0.2, -0.15) is 0 Å². The summed E-state index contributed by atoms with van der Waals surface area (Å²) in [4.78, 5) is 23.1. The molecular weight excluding hydrogens is 336 g/mol. The fourth-order valence-electron chi connectivity index (χ4n) is 4.62. The molecule has 1 aliphatic heterocycles. The largest absolute Gasteiger partial charge is 0.462 e. The van der Waals surface area contributed by atoms with Crippen LogP contribution in [0.4, 0.5) is 0 Å². The van der Waals surface area contributed by atoms with E-state index in [0.717, 1.165) is 12.0 Å². The van der Waals surface area contributed by atoms with E-state index in [1.807, 2.05) is 12.2 Å². The summed E-state index contributed by atoms with van der Waals surface area (Å²) in [5, 5.41) is 19.9. The lowest BCUT2D eigenvalue weighted by atomic mass is 9.66. The number of cyclic esters (lactones) is 1. The molecule has 1 heterocycles. The van der Waals surface area contributed by atoms with Gasteiger partial charge in [0.1, 0.15) is 12.2 Å². The number of rotatable bonds is 4. The van der Waals surface area contributed by atoms with Gasteiger partial charge in [-0.05, 0) is 30.3 Å². The highest BCUT2D eigenvalue weighted by Crippen LogP contribution is 2.44. The molecule has 7 atom stereocenters. The molecule has 6 nitrogen and oxygen atoms in total. The van der Waals surface area contributed by atoms with Crippen molar-refractivity contribution in [2.75, 3.05) is 0 Å². The Labute approximate surface area is 153 Å². The molecule has 0 aromatic carbocycles. The van der Waals surface area contributed by atoms with Crippen LogP contribution in [0.25, 0.3) is 0 Å². The standard InChI is InChI=1S/C20H28O6/c1-11-3-4-13-7-14(22)9-18(25-12(2)21)20(13)17(11)6-5-16-8-15(23)10-19(24)26-16/h3-4,7,11,14-18,20,22-23H,5-6,8-10H2,1-2H3/t11-,14+,15+,16+,17-,18-,20-/m0/s1. The van der Waals surface area contributed by atoms with Crippen molar-refractivity contribution in [2.45, 2.75) is 70.4 Å². The maximum absolute atomic E-state index is 11.5. The predicted octanol–water partition coefficient (Wildman–Crippen LogP) is 1.89. The maximum Gasteiger partial charge on any atom is 0.308 e. The van der Waals surface area contributed by atoms with E-state index >= 15 is 0 Å². The maximum atomic E-state index is 11.5. The Morgan fingerprint density at radius 2 is 2.08 bits per heavy atom. The van der Waals surface area contributed by atoms with Crippen molar-refractivity contribution in [3.63, 3.8) is 0 Å². The first-order chi connectivity index (χ1) is 12.3. The number of carbonyl (C=O) groups excluding carboxylic acids is 2. The zero-order valence-corrected chi connectivity index (χ0v) is 15.3. The SMILES string of the molecule is CC(=O)O[C@H]1C[C@H](O)C=C2C=C[C@H](C)[C@H](CC[C@@H]3C[C@@H](O)CC(=O)O3)[C@H]21. The number of esters is 2. The van der Waals surface area contributed by atoms with Gasteiger partial charge >= 0.3 is 11.9 Å². The number of ether oxygens (including phenoxy) is 2. The van der Waals surface area contributed by atoms with Crippen molar-refractivity contribution in [3.05, 3.63) is 23.8 Å². The molecular formula is C20H28O6. The van der Waals surface area contributed by atoms with Crippen LogP contribution in [0.1, 0.15) is 46.0 Å². The summed E-state index contributed by atoms with van der Waals surface area (Å²) in [5.41, 5.74) is 1.01. The Morgan fingerprint density at radius 1 is 1.31 bits per heavy atom. The Kier molecular flexibility index (Phi) is 5.82. The van der Waals surface area contributed by atoms with Gasteiger partial charge in [-0.3, -0.25) is 9.59 Å². The van der Waals surface area contributed by atoms with Crippen LogP contribution in [-0.4, -0.2) is 46.6 Å². The number of carbonyl (C=O) groups is 2. The number of aliphatic hydroxyl groups excluding tert-OH is 2. The van der Waals surface area contributed by atoms with Gasteiger partial charge in [0.05, 0.1) is 18.6 Å². The summed E-state index contributed by atoms with van der Waals surface area (Å²) in [6.07, 6.45) is 6.56. The van der Waals surface area contributed by atoms with Gasteiger partial charge in [-0.1, -0.05) is 25.2 Å². The van der Waals surface area contributed by atoms with Crippen molar-refractivity contribution in [1.82, 2.24) is 0 Å². The number of hydrogen-bond donors (Lipinski definition) is 2. The van der Waals surface area contributed by atoms with E-state index < -0.39 is 12.2 Å². The lowest BCUT2D eigenvalue weighted by Crippen LogP contribution is -2.42. The highest BCUT2D eigenvalue weighted by Gasteiger charge is 2.42. The number of hydrogen-bond acceptors (Lipinski definition) is 6. The topological polar surface area (TPSA) is 93.1 Å². The molecule has 2 N–H and O–H groups in total. The second kappa shape index (κ2) is 7.92. The molecule has 1 fully saturated rings. The van der Waals surface area contributed by atoms with Crippen LogP contribution >= 0.6 is 0 Å². The first-order valence-corrected chi connectivity index (χ1v) is 9.46. The fourth-order valence-corrected chi connectivity index (χ4v) is 4.62. The van der Waals surface area contributed by atoms with Crippen molar-refractivity contribution < 1.29 is 29.3 Å². The van der Waals surface area contributed by atoms with E-state index in [1.165, 1.54) is 6.92 Å². The number of allylic oxidation sites excluding steroid dienone is 2. The molecule has 3 rings (SSSR count). The summed E-state index contributed by atoms with van der Waals surface area (Å²) in [6.45, 7) is 3.53. The minimum absolute atomic E-state index is 0.0338. The number of aliphatic hydroxyl groups is 2. The normalized spacial score (nSPS) is 39.6. The van der Waals surface area contributed by atoms with E-state index in [9.17, 15) is 19.8 Å². The van der Waals surface area contributed by atoms with E-state index in [0.29, 0.717) is 19.3 Å². The van der Waals surface area contributed by atoms with Gasteiger partial charge in [0.15, 0.2) is 0 Å². The van der Waals surface area contributed by atoms with E-state index in [1.54, 1.807) is 0 Å². The zero-order valence-electron chi connectivity index (χ0n) is 15.3. The molecule has 0 spiro atoms. The van der Waals surface area contributed by atoms with E-state index in [2.05, 4.69) is 13.0 Å². The average molecular weight is 364 g/mol. The molecule has 144 valence electrons. The monoisotopic (exact) mass is 364 g/mol. The molecule has 1 saturated heterocycles. The van der Waals surface area contributed by atoms with Crippen LogP contribution in [0.15, 0.2) is 23.8 Å². The summed E-state index contributed by atoms with van der Waals surface area (Å²) < 4.78 is 10.9. The van der Waals surface area contributed by atoms with Crippen molar-refractivity contribution >= 4 is 11.9 Å². The molecule has 0 bridgehead atoms. The van der Waals surface area contributed by atoms with E-state index in [4.69, 9.17) is 9.47 Å². The zero-order chi connectivity index (χ0) is 18.8. The van der Waals surface area contributed by atoms with Gasteiger partial charge in [-0.15, -0.1) is 0 Å². The van der Waals surface area contributed by atoms with Crippen LogP contribution < -0.4 is 0 Å². The van der Waals surface area contributed by atoms with Gasteiger partial charge in [0.2, 0.25) is 0 Å². The van der Waals surface area contributed by atoms with Gasteiger partial charge < -0.3 is 19.7 Å². The molecule has 3 aliphatic rings. The van der Waals surface area contributed by atoms with Crippen molar-refractivity contribution in [3.8, 4) is 0 Å². The quantitative estimate of drug-likeness (QED) is 0.740. The second-order valence-corrected chi connectivity index (χ2v) is 7.81. The summed E-state index contributed by atoms with van der Waals surface area (Å²) in [6, 6.07) is 0. The van der Waals surface area contributed by atoms with Crippen LogP contribution in [0.5, 0.6) is 0 Å². The first-order valence-electron chi connectivity index (χ1n) is 9.46. The summed E-state index contributed by atoms with van der Waals surface area (Å²) >= 11 is 0. The minimum atomic E-state index is -0.626.